The van der Waals surface area contributed by atoms with Gasteiger partial charge in [-0.1, -0.05) is 6.07 Å². The lowest BCUT2D eigenvalue weighted by atomic mass is 9.90. The molecule has 0 aromatic heterocycles. The zero-order chi connectivity index (χ0) is 19.0. The number of amides is 1. The van der Waals surface area contributed by atoms with Crippen LogP contribution >= 0.6 is 0 Å². The number of halogens is 7. The van der Waals surface area contributed by atoms with Crippen LogP contribution in [0.5, 0.6) is 0 Å². The van der Waals surface area contributed by atoms with Gasteiger partial charge in [-0.3, -0.25) is 9.59 Å². The first-order valence-corrected chi connectivity index (χ1v) is 6.86. The molecule has 0 radical (unpaired) electrons. The SMILES string of the molecule is O=C1C=C(NC(=O)c2cccc(C(F)(F)F)c2F)CC(C(F)(F)F)C1. The van der Waals surface area contributed by atoms with Gasteiger partial charge in [0.05, 0.1) is 17.0 Å². The van der Waals surface area contributed by atoms with Gasteiger partial charge in [-0.25, -0.2) is 4.39 Å². The van der Waals surface area contributed by atoms with E-state index in [4.69, 9.17) is 0 Å². The van der Waals surface area contributed by atoms with Crippen molar-refractivity contribution in [3.8, 4) is 0 Å². The van der Waals surface area contributed by atoms with Crippen LogP contribution in [-0.2, 0) is 11.0 Å². The number of rotatable bonds is 2. The van der Waals surface area contributed by atoms with Crippen LogP contribution in [0.3, 0.4) is 0 Å². The fourth-order valence-electron chi connectivity index (χ4n) is 2.35. The van der Waals surface area contributed by atoms with Gasteiger partial charge in [-0.2, -0.15) is 26.3 Å². The second-order valence-corrected chi connectivity index (χ2v) is 5.40. The van der Waals surface area contributed by atoms with E-state index < -0.39 is 65.4 Å². The van der Waals surface area contributed by atoms with Crippen LogP contribution in [0.2, 0.25) is 0 Å². The number of carbonyl (C=O) groups excluding carboxylic acids is 2. The van der Waals surface area contributed by atoms with Gasteiger partial charge in [0.1, 0.15) is 5.82 Å². The predicted octanol–water partition coefficient (Wildman–Crippen LogP) is 4.00. The second-order valence-electron chi connectivity index (χ2n) is 5.40. The van der Waals surface area contributed by atoms with E-state index >= 15 is 0 Å². The van der Waals surface area contributed by atoms with E-state index in [9.17, 15) is 40.3 Å². The highest BCUT2D eigenvalue weighted by atomic mass is 19.4. The highest BCUT2D eigenvalue weighted by molar-refractivity contribution is 5.98. The fraction of sp³-hybridized carbons (Fsp3) is 0.333. The molecular weight excluding hydrogens is 359 g/mol. The highest BCUT2D eigenvalue weighted by Gasteiger charge is 2.43. The largest absolute Gasteiger partial charge is 0.419 e. The van der Waals surface area contributed by atoms with Gasteiger partial charge in [0, 0.05) is 18.2 Å². The minimum atomic E-state index is -5.04. The lowest BCUT2D eigenvalue weighted by Gasteiger charge is -2.24. The number of hydrogen-bond acceptors (Lipinski definition) is 2. The van der Waals surface area contributed by atoms with E-state index in [1.807, 2.05) is 5.32 Å². The zero-order valence-corrected chi connectivity index (χ0v) is 12.3. The van der Waals surface area contributed by atoms with E-state index in [1.54, 1.807) is 0 Å². The van der Waals surface area contributed by atoms with Crippen molar-refractivity contribution in [3.63, 3.8) is 0 Å². The molecule has 1 aromatic rings. The minimum absolute atomic E-state index is 0.426. The Labute approximate surface area is 136 Å². The summed E-state index contributed by atoms with van der Waals surface area (Å²) in [6.45, 7) is 0. The first-order valence-electron chi connectivity index (χ1n) is 6.86. The van der Waals surface area contributed by atoms with Crippen molar-refractivity contribution < 1.29 is 40.3 Å². The van der Waals surface area contributed by atoms with Crippen molar-refractivity contribution in [2.24, 2.45) is 5.92 Å². The van der Waals surface area contributed by atoms with Crippen LogP contribution in [0, 0.1) is 11.7 Å². The molecule has 1 unspecified atom stereocenters. The summed E-state index contributed by atoms with van der Waals surface area (Å²) in [7, 11) is 0. The summed E-state index contributed by atoms with van der Waals surface area (Å²) in [5, 5.41) is 1.88. The Morgan fingerprint density at radius 1 is 1.08 bits per heavy atom. The first-order chi connectivity index (χ1) is 11.4. The summed E-state index contributed by atoms with van der Waals surface area (Å²) in [4.78, 5) is 23.3. The summed E-state index contributed by atoms with van der Waals surface area (Å²) in [5.41, 5.74) is -3.10. The van der Waals surface area contributed by atoms with Crippen molar-refractivity contribution >= 4 is 11.7 Å². The molecule has 0 bridgehead atoms. The van der Waals surface area contributed by atoms with E-state index in [0.29, 0.717) is 6.07 Å². The quantitative estimate of drug-likeness (QED) is 0.801. The molecule has 136 valence electrons. The van der Waals surface area contributed by atoms with Crippen LogP contribution < -0.4 is 5.32 Å². The number of carbonyl (C=O) groups is 2. The average molecular weight is 369 g/mol. The van der Waals surface area contributed by atoms with E-state index in [2.05, 4.69) is 0 Å². The molecule has 1 aliphatic rings. The third-order valence-electron chi connectivity index (χ3n) is 3.53. The van der Waals surface area contributed by atoms with Crippen LogP contribution in [0.1, 0.15) is 28.8 Å². The lowest BCUT2D eigenvalue weighted by molar-refractivity contribution is -0.178. The molecule has 0 fully saturated rings. The standard InChI is InChI=1S/C15H10F7NO2/c16-12-10(2-1-3-11(12)15(20,21)22)13(25)23-8-4-7(14(17,18)19)5-9(24)6-8/h1-3,6-7H,4-5H2,(H,23,25). The van der Waals surface area contributed by atoms with Gasteiger partial charge in [0.2, 0.25) is 0 Å². The van der Waals surface area contributed by atoms with Crippen molar-refractivity contribution in [3.05, 3.63) is 46.9 Å². The van der Waals surface area contributed by atoms with E-state index in [1.165, 1.54) is 0 Å². The van der Waals surface area contributed by atoms with Gasteiger partial charge < -0.3 is 5.32 Å². The van der Waals surface area contributed by atoms with Crippen LogP contribution in [0.25, 0.3) is 0 Å². The maximum atomic E-state index is 13.9. The third kappa shape index (κ3) is 4.37. The number of hydrogen-bond donors (Lipinski definition) is 1. The molecule has 1 aliphatic carbocycles. The number of alkyl halides is 6. The molecule has 0 saturated carbocycles. The molecule has 0 spiro atoms. The second kappa shape index (κ2) is 6.49. The molecule has 1 atom stereocenters. The Hall–Kier alpha value is -2.39. The summed E-state index contributed by atoms with van der Waals surface area (Å²) in [6.07, 6.45) is -10.5. The topological polar surface area (TPSA) is 46.2 Å². The molecule has 1 N–H and O–H groups in total. The number of allylic oxidation sites excluding steroid dienone is 2. The zero-order valence-electron chi connectivity index (χ0n) is 12.3. The lowest BCUT2D eigenvalue weighted by Crippen LogP contribution is -2.34. The normalized spacial score (nSPS) is 18.8. The number of nitrogens with one attached hydrogen (secondary N) is 1. The Balaban J connectivity index is 2.24. The summed E-state index contributed by atoms with van der Waals surface area (Å²) in [6, 6.07) is 1.97. The first kappa shape index (κ1) is 18.9. The van der Waals surface area contributed by atoms with Gasteiger partial charge in [0.25, 0.3) is 5.91 Å². The maximum Gasteiger partial charge on any atom is 0.419 e. The average Bonchev–Trinajstić information content (AvgIpc) is 2.44. The molecule has 0 saturated heterocycles. The van der Waals surface area contributed by atoms with Crippen LogP contribution in [0.15, 0.2) is 30.0 Å². The molecular formula is C15H10F7NO2. The van der Waals surface area contributed by atoms with Crippen molar-refractivity contribution in [2.45, 2.75) is 25.2 Å². The Bertz CT molecular complexity index is 734. The molecule has 3 nitrogen and oxygen atoms in total. The molecule has 10 heteroatoms. The Kier molecular flexibility index (Phi) is 4.92. The molecule has 2 rings (SSSR count). The summed E-state index contributed by atoms with van der Waals surface area (Å²) < 4.78 is 89.9. The van der Waals surface area contributed by atoms with Gasteiger partial charge >= 0.3 is 12.4 Å². The van der Waals surface area contributed by atoms with Gasteiger partial charge in [0.15, 0.2) is 5.78 Å². The molecule has 25 heavy (non-hydrogen) atoms. The maximum absolute atomic E-state index is 13.9. The smallest absolute Gasteiger partial charge is 0.325 e. The molecule has 0 heterocycles. The summed E-state index contributed by atoms with van der Waals surface area (Å²) >= 11 is 0. The van der Waals surface area contributed by atoms with E-state index in [0.717, 1.165) is 18.2 Å². The fourth-order valence-corrected chi connectivity index (χ4v) is 2.35. The Morgan fingerprint density at radius 2 is 1.72 bits per heavy atom. The Morgan fingerprint density at radius 3 is 2.28 bits per heavy atom. The van der Waals surface area contributed by atoms with Crippen LogP contribution in [0.4, 0.5) is 30.7 Å². The predicted molar refractivity (Wildman–Crippen MR) is 70.7 cm³/mol. The highest BCUT2D eigenvalue weighted by Crippen LogP contribution is 2.36. The molecule has 1 aromatic carbocycles. The van der Waals surface area contributed by atoms with Crippen molar-refractivity contribution in [1.82, 2.24) is 5.32 Å². The number of ketones is 1. The monoisotopic (exact) mass is 369 g/mol. The molecule has 1 amide bonds. The van der Waals surface area contributed by atoms with Crippen molar-refractivity contribution in [1.29, 1.82) is 0 Å². The third-order valence-corrected chi connectivity index (χ3v) is 3.53. The van der Waals surface area contributed by atoms with E-state index in [-0.39, 0.29) is 0 Å². The van der Waals surface area contributed by atoms with Gasteiger partial charge in [-0.05, 0) is 18.6 Å². The number of benzene rings is 1. The van der Waals surface area contributed by atoms with Crippen molar-refractivity contribution in [2.75, 3.05) is 0 Å². The minimum Gasteiger partial charge on any atom is -0.325 e. The van der Waals surface area contributed by atoms with Gasteiger partial charge in [-0.15, -0.1) is 0 Å². The summed E-state index contributed by atoms with van der Waals surface area (Å²) in [5.74, 6) is -6.13. The molecule has 0 aliphatic heterocycles. The van der Waals surface area contributed by atoms with Crippen LogP contribution in [-0.4, -0.2) is 17.9 Å².